The average molecular weight is 521 g/mol. The molecular formula is C29H48N2O4S. The van der Waals surface area contributed by atoms with E-state index < -0.39 is 11.7 Å². The Kier molecular flexibility index (Phi) is 22.7. The minimum atomic E-state index is -0.501. The van der Waals surface area contributed by atoms with Crippen molar-refractivity contribution in [3.8, 4) is 5.75 Å². The number of nitrogens with one attached hydrogen (secondary N) is 1. The number of amides is 1. The molecule has 0 fully saturated rings. The fraction of sp³-hybridized carbons (Fsp3) is 0.483. The molecule has 0 aliphatic rings. The third-order valence-corrected chi connectivity index (χ3v) is 4.64. The van der Waals surface area contributed by atoms with Crippen LogP contribution in [0.4, 0.5) is 4.79 Å². The molecule has 36 heavy (non-hydrogen) atoms. The summed E-state index contributed by atoms with van der Waals surface area (Å²) in [5, 5.41) is 2.78. The summed E-state index contributed by atoms with van der Waals surface area (Å²) in [6.07, 6.45) is 2.06. The zero-order valence-electron chi connectivity index (χ0n) is 23.8. The highest BCUT2D eigenvalue weighted by Gasteiger charge is 2.16. The van der Waals surface area contributed by atoms with Gasteiger partial charge >= 0.3 is 6.09 Å². The Hall–Kier alpha value is -2.48. The number of benzene rings is 2. The molecule has 204 valence electrons. The zero-order valence-corrected chi connectivity index (χ0v) is 24.6. The minimum Gasteiger partial charge on any atom is -0.497 e. The molecule has 0 heterocycles. The predicted octanol–water partition coefficient (Wildman–Crippen LogP) is 8.30. The fourth-order valence-corrected chi connectivity index (χ4v) is 3.14. The van der Waals surface area contributed by atoms with E-state index >= 15 is 0 Å². The summed E-state index contributed by atoms with van der Waals surface area (Å²) >= 11 is 1.51. The van der Waals surface area contributed by atoms with Crippen LogP contribution < -0.4 is 10.1 Å². The Morgan fingerprint density at radius 1 is 1.03 bits per heavy atom. The Balaban J connectivity index is 0. The lowest BCUT2D eigenvalue weighted by atomic mass is 10.2. The van der Waals surface area contributed by atoms with Crippen molar-refractivity contribution >= 4 is 18.0 Å². The van der Waals surface area contributed by atoms with Crippen molar-refractivity contribution in [2.75, 3.05) is 20.2 Å². The van der Waals surface area contributed by atoms with E-state index in [9.17, 15) is 4.79 Å². The van der Waals surface area contributed by atoms with Gasteiger partial charge in [0.15, 0.2) is 0 Å². The number of hydroxylamine groups is 1. The van der Waals surface area contributed by atoms with Gasteiger partial charge < -0.3 is 14.8 Å². The SMILES string of the molecule is C=CC.CC.CC.COc1ccc(SN(CCCNC(=O)OC(C)(C)C)OCc2ccccc2)cc1. The van der Waals surface area contributed by atoms with Crippen LogP contribution in [0.5, 0.6) is 5.75 Å². The number of nitrogens with zero attached hydrogens (tertiary/aromatic N) is 1. The molecule has 0 unspecified atom stereocenters. The summed E-state index contributed by atoms with van der Waals surface area (Å²) in [6.45, 7) is 20.4. The standard InChI is InChI=1S/C22H30N2O4S.C3H6.2C2H6/c1-22(2,3)28-21(25)23-15-8-16-24(27-17-18-9-6-5-7-10-18)29-20-13-11-19(26-4)12-14-20;1-3-2;2*1-2/h5-7,9-14H,8,15-17H2,1-4H3,(H,23,25);3H,1H2,2H3;2*1-2H3. The Morgan fingerprint density at radius 3 is 2.08 bits per heavy atom. The van der Waals surface area contributed by atoms with E-state index in [1.807, 2.05) is 114 Å². The van der Waals surface area contributed by atoms with Crippen molar-refractivity contribution < 1.29 is 19.1 Å². The predicted molar refractivity (Wildman–Crippen MR) is 154 cm³/mol. The third-order valence-electron chi connectivity index (χ3n) is 3.67. The lowest BCUT2D eigenvalue weighted by Gasteiger charge is -2.22. The maximum atomic E-state index is 11.8. The topological polar surface area (TPSA) is 60.0 Å². The minimum absolute atomic E-state index is 0.405. The number of hydrogen-bond acceptors (Lipinski definition) is 6. The van der Waals surface area contributed by atoms with Crippen LogP contribution in [0.15, 0.2) is 72.1 Å². The van der Waals surface area contributed by atoms with Crippen LogP contribution in [0.2, 0.25) is 0 Å². The van der Waals surface area contributed by atoms with Crippen LogP contribution in [0, 0.1) is 0 Å². The van der Waals surface area contributed by atoms with Crippen LogP contribution in [0.25, 0.3) is 0 Å². The maximum Gasteiger partial charge on any atom is 0.407 e. The van der Waals surface area contributed by atoms with Gasteiger partial charge in [-0.25, -0.2) is 4.79 Å². The summed E-state index contributed by atoms with van der Waals surface area (Å²) in [5.41, 5.74) is 0.596. The quantitative estimate of drug-likeness (QED) is 0.147. The van der Waals surface area contributed by atoms with Gasteiger partial charge in [0.25, 0.3) is 0 Å². The van der Waals surface area contributed by atoms with Crippen molar-refractivity contribution in [3.05, 3.63) is 72.8 Å². The Bertz CT molecular complexity index is 778. The molecule has 2 aromatic rings. The molecule has 1 N–H and O–H groups in total. The van der Waals surface area contributed by atoms with Gasteiger partial charge in [0.1, 0.15) is 11.4 Å². The van der Waals surface area contributed by atoms with Gasteiger partial charge in [0.05, 0.1) is 13.7 Å². The molecule has 7 heteroatoms. The highest BCUT2D eigenvalue weighted by molar-refractivity contribution is 7.96. The lowest BCUT2D eigenvalue weighted by molar-refractivity contribution is -0.0872. The average Bonchev–Trinajstić information content (AvgIpc) is 2.88. The number of rotatable bonds is 10. The molecule has 6 nitrogen and oxygen atoms in total. The van der Waals surface area contributed by atoms with Crippen LogP contribution in [0.1, 0.15) is 67.4 Å². The van der Waals surface area contributed by atoms with E-state index in [0.717, 1.165) is 22.6 Å². The van der Waals surface area contributed by atoms with Crippen LogP contribution in [-0.4, -0.2) is 36.4 Å². The molecule has 0 aromatic heterocycles. The zero-order chi connectivity index (χ0) is 27.8. The van der Waals surface area contributed by atoms with Gasteiger partial charge in [0, 0.05) is 18.0 Å². The van der Waals surface area contributed by atoms with Gasteiger partial charge in [-0.3, -0.25) is 4.84 Å². The van der Waals surface area contributed by atoms with Gasteiger partial charge in [-0.15, -0.1) is 11.0 Å². The monoisotopic (exact) mass is 520 g/mol. The third kappa shape index (κ3) is 19.8. The van der Waals surface area contributed by atoms with Crippen LogP contribution >= 0.6 is 11.9 Å². The number of hydrogen-bond donors (Lipinski definition) is 1. The first kappa shape index (κ1) is 35.7. The largest absolute Gasteiger partial charge is 0.497 e. The van der Waals surface area contributed by atoms with Crippen LogP contribution in [0.3, 0.4) is 0 Å². The second-order valence-electron chi connectivity index (χ2n) is 7.77. The number of carbonyl (C=O) groups excluding carboxylic acids is 1. The van der Waals surface area contributed by atoms with Crippen molar-refractivity contribution in [2.45, 2.75) is 78.9 Å². The number of alkyl carbamates (subject to hydrolysis) is 1. The van der Waals surface area contributed by atoms with E-state index in [0.29, 0.717) is 19.7 Å². The molecule has 2 rings (SSSR count). The molecule has 0 bridgehead atoms. The van der Waals surface area contributed by atoms with Gasteiger partial charge in [-0.1, -0.05) is 64.1 Å². The normalized spacial score (nSPS) is 9.83. The van der Waals surface area contributed by atoms with Crippen LogP contribution in [-0.2, 0) is 16.2 Å². The van der Waals surface area contributed by atoms with E-state index in [2.05, 4.69) is 11.9 Å². The summed E-state index contributed by atoms with van der Waals surface area (Å²) < 4.78 is 12.3. The fourth-order valence-electron chi connectivity index (χ4n) is 2.32. The van der Waals surface area contributed by atoms with Gasteiger partial charge in [0.2, 0.25) is 0 Å². The van der Waals surface area contributed by atoms with Crippen molar-refractivity contribution in [1.82, 2.24) is 9.79 Å². The molecule has 0 saturated carbocycles. The smallest absolute Gasteiger partial charge is 0.407 e. The van der Waals surface area contributed by atoms with E-state index in [1.54, 1.807) is 13.2 Å². The van der Waals surface area contributed by atoms with E-state index in [4.69, 9.17) is 14.3 Å². The van der Waals surface area contributed by atoms with Crippen molar-refractivity contribution in [3.63, 3.8) is 0 Å². The van der Waals surface area contributed by atoms with E-state index in [1.165, 1.54) is 11.9 Å². The number of ether oxygens (including phenoxy) is 2. The molecule has 0 saturated heterocycles. The number of allylic oxidation sites excluding steroid dienone is 1. The molecule has 0 aliphatic carbocycles. The summed E-state index contributed by atoms with van der Waals surface area (Å²) in [6, 6.07) is 17.8. The molecule has 0 atom stereocenters. The first-order valence-corrected chi connectivity index (χ1v) is 13.3. The molecular weight excluding hydrogens is 472 g/mol. The summed E-state index contributed by atoms with van der Waals surface area (Å²) in [4.78, 5) is 18.8. The number of carbonyl (C=O) groups is 1. The second-order valence-corrected chi connectivity index (χ2v) is 8.83. The molecule has 1 amide bonds. The molecule has 0 spiro atoms. The van der Waals surface area contributed by atoms with E-state index in [-0.39, 0.29) is 0 Å². The second kappa shape index (κ2) is 23.0. The van der Waals surface area contributed by atoms with Crippen molar-refractivity contribution in [1.29, 1.82) is 0 Å². The first-order valence-electron chi connectivity index (χ1n) is 12.6. The van der Waals surface area contributed by atoms with Crippen molar-refractivity contribution in [2.24, 2.45) is 0 Å². The highest BCUT2D eigenvalue weighted by Crippen LogP contribution is 2.26. The molecule has 0 radical (unpaired) electrons. The van der Waals surface area contributed by atoms with Gasteiger partial charge in [-0.05, 0) is 75.9 Å². The van der Waals surface area contributed by atoms with Gasteiger partial charge in [-0.2, -0.15) is 0 Å². The maximum absolute atomic E-state index is 11.8. The molecule has 0 aliphatic heterocycles. The Labute approximate surface area is 224 Å². The highest BCUT2D eigenvalue weighted by atomic mass is 32.2. The number of methoxy groups -OCH3 is 1. The Morgan fingerprint density at radius 2 is 1.58 bits per heavy atom. The summed E-state index contributed by atoms with van der Waals surface area (Å²) in [5.74, 6) is 0.813. The molecule has 2 aromatic carbocycles. The lowest BCUT2D eigenvalue weighted by Crippen LogP contribution is -2.34. The summed E-state index contributed by atoms with van der Waals surface area (Å²) in [7, 11) is 1.65. The first-order chi connectivity index (χ1) is 17.3.